The fourth-order valence-corrected chi connectivity index (χ4v) is 0. The van der Waals surface area contributed by atoms with Gasteiger partial charge in [0.1, 0.15) is 0 Å². The van der Waals surface area contributed by atoms with Crippen molar-refractivity contribution >= 4 is 7.62 Å². The van der Waals surface area contributed by atoms with Gasteiger partial charge in [-0.15, -0.1) is 0 Å². The SMILES string of the molecule is CO.[H-].[NH3+][BH2-]O.[Na+]. The second-order valence-corrected chi connectivity index (χ2v) is 0.316. The van der Waals surface area contributed by atoms with Crippen LogP contribution in [0.3, 0.4) is 0 Å². The van der Waals surface area contributed by atoms with Crippen molar-refractivity contribution in [3.8, 4) is 0 Å². The molecule has 0 aliphatic carbocycles. The summed E-state index contributed by atoms with van der Waals surface area (Å²) in [5.74, 6) is 0. The van der Waals surface area contributed by atoms with E-state index in [1.807, 2.05) is 0 Å². The Kier molecular flexibility index (Phi) is 101. The Bertz CT molecular complexity index is 17.7. The average molecular weight is 103 g/mol. The molecule has 0 rings (SSSR count). The molecule has 5 N–H and O–H groups in total. The Morgan fingerprint density at radius 2 is 1.67 bits per heavy atom. The van der Waals surface area contributed by atoms with Crippen LogP contribution in [0.1, 0.15) is 1.43 Å². The first-order chi connectivity index (χ1) is 2.41. The van der Waals surface area contributed by atoms with Crippen LogP contribution >= 0.6 is 0 Å². The summed E-state index contributed by atoms with van der Waals surface area (Å²) >= 11 is 0. The minimum atomic E-state index is -0.750. The molecule has 0 radical (unpaired) electrons. The summed E-state index contributed by atoms with van der Waals surface area (Å²) in [6.45, 7) is 0. The number of aliphatic hydroxyl groups is 1. The fourth-order valence-electron chi connectivity index (χ4n) is 0. The normalized spacial score (nSPS) is 4.00. The Morgan fingerprint density at radius 3 is 1.67 bits per heavy atom. The molecule has 0 heterocycles. The van der Waals surface area contributed by atoms with Crippen molar-refractivity contribution in [1.29, 1.82) is 0 Å². The molecule has 0 saturated heterocycles. The van der Waals surface area contributed by atoms with E-state index in [9.17, 15) is 0 Å². The van der Waals surface area contributed by atoms with Gasteiger partial charge >= 0.3 is 37.2 Å². The maximum absolute atomic E-state index is 7.58. The van der Waals surface area contributed by atoms with Crippen LogP contribution in [0.15, 0.2) is 0 Å². The number of hydrogen-bond acceptors (Lipinski definition) is 2. The van der Waals surface area contributed by atoms with Gasteiger partial charge in [-0.2, -0.15) is 0 Å². The van der Waals surface area contributed by atoms with E-state index in [0.717, 1.165) is 7.11 Å². The molecule has 5 heteroatoms. The predicted molar refractivity (Wildman–Crippen MR) is 22.9 cm³/mol. The fraction of sp³-hybridized carbons (Fsp3) is 1.00. The average Bonchev–Trinajstić information content (AvgIpc) is 1.46. The molecule has 0 spiro atoms. The van der Waals surface area contributed by atoms with Crippen molar-refractivity contribution in [3.63, 3.8) is 0 Å². The van der Waals surface area contributed by atoms with Crippen LogP contribution in [0.2, 0.25) is 0 Å². The molecule has 3 nitrogen and oxygen atoms in total. The van der Waals surface area contributed by atoms with Gasteiger partial charge in [0, 0.05) is 7.11 Å². The summed E-state index contributed by atoms with van der Waals surface area (Å²) in [5, 5.41) is 14.6. The maximum atomic E-state index is 7.58. The second kappa shape index (κ2) is 38.4. The first-order valence-corrected chi connectivity index (χ1v) is 1.60. The minimum Gasteiger partial charge on any atom is -1.00 e. The van der Waals surface area contributed by atoms with E-state index >= 15 is 0 Å². The zero-order valence-electron chi connectivity index (χ0n) is 5.60. The molecule has 0 amide bonds. The minimum absolute atomic E-state index is 0. The van der Waals surface area contributed by atoms with E-state index < -0.39 is 7.62 Å². The van der Waals surface area contributed by atoms with E-state index in [0.29, 0.717) is 0 Å². The molecule has 0 atom stereocenters. The van der Waals surface area contributed by atoms with E-state index in [1.54, 1.807) is 0 Å². The van der Waals surface area contributed by atoms with Crippen LogP contribution in [0.25, 0.3) is 0 Å². The van der Waals surface area contributed by atoms with Gasteiger partial charge in [0.15, 0.2) is 0 Å². The number of hydrogen-bond donors (Lipinski definition) is 3. The molecule has 6 heavy (non-hydrogen) atoms. The summed E-state index contributed by atoms with van der Waals surface area (Å²) in [6.07, 6.45) is 0. The first kappa shape index (κ1) is 15.8. The Morgan fingerprint density at radius 1 is 1.67 bits per heavy atom. The molecular formula is CH11BNNaO2. The zero-order chi connectivity index (χ0) is 4.71. The van der Waals surface area contributed by atoms with Crippen LogP contribution in [-0.2, 0) is 0 Å². The van der Waals surface area contributed by atoms with E-state index in [1.165, 1.54) is 0 Å². The molecule has 0 bridgehead atoms. The molecule has 0 saturated carbocycles. The van der Waals surface area contributed by atoms with E-state index in [4.69, 9.17) is 10.1 Å². The Balaban J connectivity index is -0.0000000105. The van der Waals surface area contributed by atoms with Gasteiger partial charge in [0.05, 0.1) is 0 Å². The topological polar surface area (TPSA) is 68.1 Å². The van der Waals surface area contributed by atoms with Crippen LogP contribution in [0, 0.1) is 0 Å². The van der Waals surface area contributed by atoms with Crippen molar-refractivity contribution in [2.45, 2.75) is 0 Å². The summed E-state index contributed by atoms with van der Waals surface area (Å²) < 4.78 is 0. The summed E-state index contributed by atoms with van der Waals surface area (Å²) in [4.78, 5) is 0. The molecule has 0 aromatic carbocycles. The van der Waals surface area contributed by atoms with Crippen molar-refractivity contribution in [1.82, 2.24) is 0 Å². The first-order valence-electron chi connectivity index (χ1n) is 1.60. The maximum Gasteiger partial charge on any atom is 1.00 e. The third-order valence-electron chi connectivity index (χ3n) is 0. The predicted octanol–water partition coefficient (Wildman–Crippen LogP) is -6.06. The largest absolute Gasteiger partial charge is 1.00 e. The van der Waals surface area contributed by atoms with Crippen molar-refractivity contribution in [2.24, 2.45) is 0 Å². The van der Waals surface area contributed by atoms with Gasteiger partial charge in [-0.3, -0.25) is 0 Å². The molecule has 36 valence electrons. The number of aliphatic hydroxyl groups excluding tert-OH is 1. The quantitative estimate of drug-likeness (QED) is 0.267. The number of quaternary nitrogens is 1. The van der Waals surface area contributed by atoms with Crippen LogP contribution in [0.5, 0.6) is 0 Å². The second-order valence-electron chi connectivity index (χ2n) is 0.316. The molecule has 0 aromatic rings. The number of rotatable bonds is 0. The molecular weight excluding hydrogens is 91.8 g/mol. The van der Waals surface area contributed by atoms with E-state index in [-0.39, 0.29) is 31.0 Å². The van der Waals surface area contributed by atoms with Crippen molar-refractivity contribution < 1.29 is 46.8 Å². The van der Waals surface area contributed by atoms with Crippen molar-refractivity contribution in [2.75, 3.05) is 7.11 Å². The van der Waals surface area contributed by atoms with Crippen LogP contribution in [0.4, 0.5) is 0 Å². The molecule has 0 unspecified atom stereocenters. The summed E-state index contributed by atoms with van der Waals surface area (Å²) in [6, 6.07) is 0. The van der Waals surface area contributed by atoms with Gasteiger partial charge in [-0.25, -0.2) is 0 Å². The van der Waals surface area contributed by atoms with Gasteiger partial charge in [-0.1, -0.05) is 0 Å². The van der Waals surface area contributed by atoms with Gasteiger partial charge < -0.3 is 17.2 Å². The van der Waals surface area contributed by atoms with Gasteiger partial charge in [0.2, 0.25) is 0 Å². The molecule has 0 aliphatic heterocycles. The molecule has 0 aliphatic rings. The van der Waals surface area contributed by atoms with Crippen molar-refractivity contribution in [3.05, 3.63) is 0 Å². The van der Waals surface area contributed by atoms with Gasteiger partial charge in [0.25, 0.3) is 0 Å². The third kappa shape index (κ3) is 86.2. The summed E-state index contributed by atoms with van der Waals surface area (Å²) in [7, 11) is 0.250. The summed E-state index contributed by atoms with van der Waals surface area (Å²) in [5.41, 5.74) is 3.17. The Labute approximate surface area is 61.6 Å². The molecule has 0 aromatic heterocycles. The monoisotopic (exact) mass is 103 g/mol. The Hall–Kier alpha value is 0.945. The van der Waals surface area contributed by atoms with E-state index in [2.05, 4.69) is 5.64 Å². The smallest absolute Gasteiger partial charge is 1.00 e. The zero-order valence-corrected chi connectivity index (χ0v) is 6.60. The molecule has 0 fully saturated rings. The third-order valence-corrected chi connectivity index (χ3v) is 0. The van der Waals surface area contributed by atoms with Gasteiger partial charge in [-0.05, 0) is 0 Å². The standard InChI is InChI=1S/CH4O.BH6NO.Na.H/c1-2;2-1-3;;/h2H,1H3;3H,1H2,2H3;;/q;;+1;-1. The van der Waals surface area contributed by atoms with Crippen LogP contribution < -0.4 is 35.2 Å². The van der Waals surface area contributed by atoms with Crippen LogP contribution in [-0.4, -0.2) is 24.9 Å².